The Bertz CT molecular complexity index is 1390. The number of rotatable bonds is 7. The van der Waals surface area contributed by atoms with Gasteiger partial charge in [0.2, 0.25) is 0 Å². The molecule has 1 aliphatic heterocycles. The number of H-pyrrole nitrogens is 1. The molecule has 34 heavy (non-hydrogen) atoms. The van der Waals surface area contributed by atoms with Crippen LogP contribution in [0.25, 0.3) is 22.3 Å². The molecule has 8 heteroatoms. The number of pyridine rings is 2. The van der Waals surface area contributed by atoms with E-state index < -0.39 is 0 Å². The number of hydrogen-bond donors (Lipinski definition) is 2. The van der Waals surface area contributed by atoms with Crippen molar-refractivity contribution in [3.63, 3.8) is 0 Å². The molecule has 4 heterocycles. The number of benzene rings is 1. The Morgan fingerprint density at radius 1 is 1.06 bits per heavy atom. The molecular weight excluding hydrogens is 430 g/mol. The lowest BCUT2D eigenvalue weighted by Gasteiger charge is -2.19. The lowest BCUT2D eigenvalue weighted by atomic mass is 10.1. The van der Waals surface area contributed by atoms with Gasteiger partial charge in [-0.15, -0.1) is 0 Å². The maximum absolute atomic E-state index is 12.3. The van der Waals surface area contributed by atoms with Crippen molar-refractivity contribution in [2.45, 2.75) is 46.3 Å². The van der Waals surface area contributed by atoms with Gasteiger partial charge in [0.25, 0.3) is 5.56 Å². The maximum atomic E-state index is 12.3. The second kappa shape index (κ2) is 9.30. The van der Waals surface area contributed by atoms with Crippen LogP contribution >= 0.6 is 0 Å². The van der Waals surface area contributed by atoms with Crippen LogP contribution in [0, 0.1) is 0 Å². The third kappa shape index (κ3) is 4.28. The van der Waals surface area contributed by atoms with E-state index in [0.29, 0.717) is 31.9 Å². The van der Waals surface area contributed by atoms with Crippen LogP contribution < -0.4 is 20.3 Å². The average Bonchev–Trinajstić information content (AvgIpc) is 3.29. The first kappa shape index (κ1) is 22.2. The van der Waals surface area contributed by atoms with Gasteiger partial charge in [-0.2, -0.15) is 5.10 Å². The first-order valence-electron chi connectivity index (χ1n) is 11.7. The Morgan fingerprint density at radius 2 is 1.85 bits per heavy atom. The van der Waals surface area contributed by atoms with Gasteiger partial charge in [0.15, 0.2) is 17.1 Å². The quantitative estimate of drug-likeness (QED) is 0.434. The third-order valence-corrected chi connectivity index (χ3v) is 6.04. The fraction of sp³-hybridized carbons (Fsp3) is 0.346. The van der Waals surface area contributed by atoms with E-state index in [1.54, 1.807) is 0 Å². The van der Waals surface area contributed by atoms with E-state index in [-0.39, 0.29) is 11.6 Å². The molecule has 8 nitrogen and oxygen atoms in total. The Balaban J connectivity index is 1.48. The van der Waals surface area contributed by atoms with Crippen LogP contribution in [0.15, 0.2) is 47.4 Å². The van der Waals surface area contributed by atoms with Crippen molar-refractivity contribution in [2.24, 2.45) is 0 Å². The summed E-state index contributed by atoms with van der Waals surface area (Å²) in [5.74, 6) is 1.49. The average molecular weight is 460 g/mol. The van der Waals surface area contributed by atoms with Crippen molar-refractivity contribution < 1.29 is 9.47 Å². The topological polar surface area (TPSA) is 94.1 Å². The summed E-state index contributed by atoms with van der Waals surface area (Å²) >= 11 is 0. The van der Waals surface area contributed by atoms with Crippen molar-refractivity contribution in [3.8, 4) is 22.8 Å². The minimum Gasteiger partial charge on any atom is -0.486 e. The highest BCUT2D eigenvalue weighted by Gasteiger charge is 2.17. The van der Waals surface area contributed by atoms with Crippen molar-refractivity contribution in [1.82, 2.24) is 25.1 Å². The van der Waals surface area contributed by atoms with E-state index >= 15 is 0 Å². The Hall–Kier alpha value is -3.65. The number of fused-ring (bicyclic) bond motifs is 2. The monoisotopic (exact) mass is 459 g/mol. The first-order valence-corrected chi connectivity index (χ1v) is 11.7. The number of ether oxygens (including phenoxy) is 2. The van der Waals surface area contributed by atoms with Gasteiger partial charge in [0.1, 0.15) is 13.2 Å². The zero-order valence-corrected chi connectivity index (χ0v) is 19.7. The highest BCUT2D eigenvalue weighted by Crippen LogP contribution is 2.35. The van der Waals surface area contributed by atoms with E-state index in [9.17, 15) is 4.79 Å². The lowest BCUT2D eigenvalue weighted by molar-refractivity contribution is 0.171. The summed E-state index contributed by atoms with van der Waals surface area (Å²) < 4.78 is 13.4. The number of nitrogens with one attached hydrogen (secondary N) is 2. The predicted molar refractivity (Wildman–Crippen MR) is 131 cm³/mol. The largest absolute Gasteiger partial charge is 0.486 e. The van der Waals surface area contributed by atoms with Gasteiger partial charge in [-0.3, -0.25) is 4.79 Å². The van der Waals surface area contributed by atoms with Gasteiger partial charge in [0.05, 0.1) is 11.9 Å². The zero-order valence-electron chi connectivity index (χ0n) is 19.7. The molecule has 1 aromatic carbocycles. The number of aromatic nitrogens is 4. The second-order valence-electron chi connectivity index (χ2n) is 8.74. The molecule has 5 rings (SSSR count). The van der Waals surface area contributed by atoms with Gasteiger partial charge in [-0.25, -0.2) is 9.67 Å². The Morgan fingerprint density at radius 3 is 2.62 bits per heavy atom. The first-order chi connectivity index (χ1) is 16.5. The summed E-state index contributed by atoms with van der Waals surface area (Å²) in [7, 11) is 0. The van der Waals surface area contributed by atoms with Crippen LogP contribution in [-0.4, -0.2) is 33.0 Å². The molecule has 176 valence electrons. The number of nitrogens with zero attached hydrogens (tertiary/aromatic N) is 3. The fourth-order valence-corrected chi connectivity index (χ4v) is 4.18. The SMILES string of the molecule is CCc1ccc(CNCc2cc(-c3ccc4c(c3)OCCO4)nc3c2cnn3C(C)C)c(=O)[nH]1. The molecule has 3 aromatic heterocycles. The molecule has 0 radical (unpaired) electrons. The summed E-state index contributed by atoms with van der Waals surface area (Å²) in [6, 6.07) is 12.0. The van der Waals surface area contributed by atoms with E-state index in [2.05, 4.69) is 35.3 Å². The van der Waals surface area contributed by atoms with Gasteiger partial charge in [0, 0.05) is 41.3 Å². The van der Waals surface area contributed by atoms with E-state index in [4.69, 9.17) is 14.5 Å². The molecular formula is C26H29N5O3. The van der Waals surface area contributed by atoms with E-state index in [1.165, 1.54) is 0 Å². The van der Waals surface area contributed by atoms with Crippen LogP contribution in [-0.2, 0) is 19.5 Å². The minimum atomic E-state index is -0.0451. The molecule has 0 aliphatic carbocycles. The molecule has 0 atom stereocenters. The summed E-state index contributed by atoms with van der Waals surface area (Å²) in [6.07, 6.45) is 2.68. The molecule has 0 fully saturated rings. The Labute approximate surface area is 197 Å². The van der Waals surface area contributed by atoms with Gasteiger partial charge >= 0.3 is 0 Å². The van der Waals surface area contributed by atoms with Crippen LogP contribution in [0.5, 0.6) is 11.5 Å². The fourth-order valence-electron chi connectivity index (χ4n) is 4.18. The summed E-state index contributed by atoms with van der Waals surface area (Å²) in [4.78, 5) is 20.2. The van der Waals surface area contributed by atoms with E-state index in [0.717, 1.165) is 51.5 Å². The summed E-state index contributed by atoms with van der Waals surface area (Å²) in [6.45, 7) is 8.36. The summed E-state index contributed by atoms with van der Waals surface area (Å²) in [5.41, 5.74) is 5.32. The lowest BCUT2D eigenvalue weighted by Crippen LogP contribution is -2.21. The highest BCUT2D eigenvalue weighted by atomic mass is 16.6. The van der Waals surface area contributed by atoms with Gasteiger partial charge in [-0.05, 0) is 56.2 Å². The van der Waals surface area contributed by atoms with Crippen molar-refractivity contribution >= 4 is 11.0 Å². The molecule has 0 amide bonds. The number of hydrogen-bond acceptors (Lipinski definition) is 6. The Kier molecular flexibility index (Phi) is 6.06. The highest BCUT2D eigenvalue weighted by molar-refractivity contribution is 5.82. The van der Waals surface area contributed by atoms with Gasteiger partial charge in [-0.1, -0.05) is 13.0 Å². The maximum Gasteiger partial charge on any atom is 0.252 e. The van der Waals surface area contributed by atoms with Crippen LogP contribution in [0.4, 0.5) is 0 Å². The molecule has 0 unspecified atom stereocenters. The van der Waals surface area contributed by atoms with Crippen molar-refractivity contribution in [3.05, 3.63) is 69.8 Å². The normalized spacial score (nSPS) is 13.1. The standard InChI is InChI=1S/C26H29N5O3/c1-4-20-7-5-18(26(32)29-20)13-27-14-19-11-22(30-25-21(19)15-28-31(25)16(2)3)17-6-8-23-24(12-17)34-10-9-33-23/h5-8,11-12,15-16,27H,4,9-10,13-14H2,1-3H3,(H,29,32). The molecule has 0 spiro atoms. The van der Waals surface area contributed by atoms with Gasteiger partial charge < -0.3 is 19.8 Å². The molecule has 0 saturated heterocycles. The minimum absolute atomic E-state index is 0.0451. The molecule has 4 aromatic rings. The number of aryl methyl sites for hydroxylation is 1. The summed E-state index contributed by atoms with van der Waals surface area (Å²) in [5, 5.41) is 9.01. The predicted octanol–water partition coefficient (Wildman–Crippen LogP) is 3.99. The van der Waals surface area contributed by atoms with E-state index in [1.807, 2.05) is 48.1 Å². The second-order valence-corrected chi connectivity index (χ2v) is 8.74. The van der Waals surface area contributed by atoms with Crippen molar-refractivity contribution in [2.75, 3.05) is 13.2 Å². The molecule has 1 aliphatic rings. The smallest absolute Gasteiger partial charge is 0.252 e. The zero-order chi connectivity index (χ0) is 23.7. The molecule has 0 bridgehead atoms. The van der Waals surface area contributed by atoms with Crippen LogP contribution in [0.2, 0.25) is 0 Å². The number of aromatic amines is 1. The van der Waals surface area contributed by atoms with Crippen molar-refractivity contribution in [1.29, 1.82) is 0 Å². The van der Waals surface area contributed by atoms with Crippen LogP contribution in [0.1, 0.15) is 43.6 Å². The molecule has 0 saturated carbocycles. The van der Waals surface area contributed by atoms with Crippen LogP contribution in [0.3, 0.4) is 0 Å². The third-order valence-electron chi connectivity index (χ3n) is 6.04. The molecule has 2 N–H and O–H groups in total.